The van der Waals surface area contributed by atoms with Crippen molar-refractivity contribution >= 4 is 0 Å². The first-order chi connectivity index (χ1) is 9.06. The highest BCUT2D eigenvalue weighted by Gasteiger charge is 2.45. The highest BCUT2D eigenvalue weighted by molar-refractivity contribution is 5.43. The lowest BCUT2D eigenvalue weighted by molar-refractivity contribution is 0.157. The van der Waals surface area contributed by atoms with Crippen molar-refractivity contribution < 1.29 is 4.74 Å². The lowest BCUT2D eigenvalue weighted by Crippen LogP contribution is -2.43. The predicted octanol–water partition coefficient (Wildman–Crippen LogP) is 4.50. The molecule has 0 saturated heterocycles. The second-order valence-corrected chi connectivity index (χ2v) is 6.53. The number of methoxy groups -OCH3 is 1. The van der Waals surface area contributed by atoms with Gasteiger partial charge in [0.15, 0.2) is 0 Å². The van der Waals surface area contributed by atoms with Gasteiger partial charge in [0.2, 0.25) is 0 Å². The van der Waals surface area contributed by atoms with Gasteiger partial charge in [-0.15, -0.1) is 0 Å². The monoisotopic (exact) mass is 256 g/mol. The second kappa shape index (κ2) is 4.40. The first-order valence-corrected chi connectivity index (χ1v) is 7.41. The van der Waals surface area contributed by atoms with E-state index < -0.39 is 0 Å². The van der Waals surface area contributed by atoms with E-state index in [0.29, 0.717) is 11.3 Å². The molecule has 19 heavy (non-hydrogen) atoms. The summed E-state index contributed by atoms with van der Waals surface area (Å²) in [6.45, 7) is 9.12. The van der Waals surface area contributed by atoms with Crippen molar-refractivity contribution in [3.8, 4) is 5.75 Å². The van der Waals surface area contributed by atoms with Crippen LogP contribution in [0, 0.1) is 11.8 Å². The molecule has 0 amide bonds. The summed E-state index contributed by atoms with van der Waals surface area (Å²) in [4.78, 5) is 0. The van der Waals surface area contributed by atoms with Crippen LogP contribution in [0.15, 0.2) is 30.4 Å². The Kier molecular flexibility index (Phi) is 2.96. The van der Waals surface area contributed by atoms with Crippen LogP contribution in [0.2, 0.25) is 0 Å². The Labute approximate surface area is 116 Å². The van der Waals surface area contributed by atoms with Crippen molar-refractivity contribution in [3.63, 3.8) is 0 Å². The van der Waals surface area contributed by atoms with Crippen molar-refractivity contribution in [2.45, 2.75) is 44.9 Å². The summed E-state index contributed by atoms with van der Waals surface area (Å²) >= 11 is 0. The Hall–Kier alpha value is -1.24. The normalized spacial score (nSPS) is 33.5. The van der Waals surface area contributed by atoms with E-state index in [9.17, 15) is 0 Å². The molecule has 3 rings (SSSR count). The van der Waals surface area contributed by atoms with Crippen LogP contribution in [0.4, 0.5) is 0 Å². The maximum absolute atomic E-state index is 5.37. The van der Waals surface area contributed by atoms with Crippen LogP contribution in [0.25, 0.3) is 0 Å². The molecular formula is C18H24O. The van der Waals surface area contributed by atoms with Crippen molar-refractivity contribution in [2.75, 3.05) is 7.11 Å². The quantitative estimate of drug-likeness (QED) is 0.672. The van der Waals surface area contributed by atoms with E-state index in [-0.39, 0.29) is 0 Å². The van der Waals surface area contributed by atoms with E-state index in [0.717, 1.165) is 11.7 Å². The van der Waals surface area contributed by atoms with Crippen molar-refractivity contribution in [1.29, 1.82) is 0 Å². The molecule has 1 fully saturated rings. The number of rotatable bonds is 1. The van der Waals surface area contributed by atoms with E-state index in [1.807, 2.05) is 0 Å². The first kappa shape index (κ1) is 12.8. The molecule has 0 radical (unpaired) electrons. The zero-order valence-corrected chi connectivity index (χ0v) is 12.3. The summed E-state index contributed by atoms with van der Waals surface area (Å²) in [5.74, 6) is 2.41. The molecule has 0 N–H and O–H groups in total. The van der Waals surface area contributed by atoms with Crippen LogP contribution in [-0.2, 0) is 11.8 Å². The third-order valence-electron chi connectivity index (χ3n) is 5.68. The zero-order chi connectivity index (χ0) is 13.6. The van der Waals surface area contributed by atoms with E-state index in [1.54, 1.807) is 12.7 Å². The standard InChI is InChI=1S/C18H24O/c1-12-9-10-18(3)16(13(12)2)7-5-14-11-15(19-4)6-8-17(14)18/h6,8,11,13,16H,1,5,7,9-10H2,2-4H3/t13?,16?,18-/m1/s1. The Bertz CT molecular complexity index is 516. The molecule has 102 valence electrons. The predicted molar refractivity (Wildman–Crippen MR) is 79.7 cm³/mol. The number of fused-ring (bicyclic) bond motifs is 3. The smallest absolute Gasteiger partial charge is 0.119 e. The van der Waals surface area contributed by atoms with E-state index in [1.165, 1.54) is 36.8 Å². The van der Waals surface area contributed by atoms with Gasteiger partial charge in [-0.1, -0.05) is 32.1 Å². The summed E-state index contributed by atoms with van der Waals surface area (Å²) in [5, 5.41) is 0. The number of hydrogen-bond donors (Lipinski definition) is 0. The van der Waals surface area contributed by atoms with Crippen LogP contribution in [0.5, 0.6) is 5.75 Å². The van der Waals surface area contributed by atoms with Gasteiger partial charge in [0.05, 0.1) is 7.11 Å². The Balaban J connectivity index is 2.05. The molecule has 2 unspecified atom stereocenters. The average molecular weight is 256 g/mol. The van der Waals surface area contributed by atoms with Gasteiger partial charge in [-0.2, -0.15) is 0 Å². The summed E-state index contributed by atoms with van der Waals surface area (Å²) in [6.07, 6.45) is 4.90. The number of allylic oxidation sites excluding steroid dienone is 1. The molecule has 1 nitrogen and oxygen atoms in total. The minimum atomic E-state index is 0.334. The van der Waals surface area contributed by atoms with Crippen LogP contribution in [0.3, 0.4) is 0 Å². The van der Waals surface area contributed by atoms with Crippen LogP contribution < -0.4 is 4.74 Å². The Morgan fingerprint density at radius 2 is 2.11 bits per heavy atom. The number of benzene rings is 1. The molecule has 1 saturated carbocycles. The Morgan fingerprint density at radius 1 is 1.32 bits per heavy atom. The average Bonchev–Trinajstić information content (AvgIpc) is 2.43. The van der Waals surface area contributed by atoms with Gasteiger partial charge in [0.1, 0.15) is 5.75 Å². The molecule has 3 atom stereocenters. The second-order valence-electron chi connectivity index (χ2n) is 6.53. The van der Waals surface area contributed by atoms with Gasteiger partial charge in [0.25, 0.3) is 0 Å². The molecule has 0 aromatic heterocycles. The molecule has 0 bridgehead atoms. The molecular weight excluding hydrogens is 232 g/mol. The van der Waals surface area contributed by atoms with Crippen LogP contribution >= 0.6 is 0 Å². The van der Waals surface area contributed by atoms with Gasteiger partial charge in [-0.05, 0) is 66.2 Å². The van der Waals surface area contributed by atoms with Gasteiger partial charge in [-0.3, -0.25) is 0 Å². The van der Waals surface area contributed by atoms with E-state index in [4.69, 9.17) is 4.74 Å². The SMILES string of the molecule is C=C1CC[C@@]2(C)c3ccc(OC)cc3CCC2C1C. The molecule has 1 aromatic carbocycles. The van der Waals surface area contributed by atoms with Crippen LogP contribution in [-0.4, -0.2) is 7.11 Å². The fourth-order valence-electron chi connectivity index (χ4n) is 4.34. The fraction of sp³-hybridized carbons (Fsp3) is 0.556. The zero-order valence-electron chi connectivity index (χ0n) is 12.3. The van der Waals surface area contributed by atoms with Gasteiger partial charge >= 0.3 is 0 Å². The summed E-state index contributed by atoms with van der Waals surface area (Å²) in [5.41, 5.74) is 4.85. The van der Waals surface area contributed by atoms with Crippen molar-refractivity contribution in [1.82, 2.24) is 0 Å². The van der Waals surface area contributed by atoms with Crippen LogP contribution in [0.1, 0.15) is 44.2 Å². The maximum Gasteiger partial charge on any atom is 0.119 e. The summed E-state index contributed by atoms with van der Waals surface area (Å²) < 4.78 is 5.37. The van der Waals surface area contributed by atoms with E-state index >= 15 is 0 Å². The van der Waals surface area contributed by atoms with Gasteiger partial charge < -0.3 is 4.74 Å². The molecule has 0 spiro atoms. The number of ether oxygens (including phenoxy) is 1. The molecule has 2 aliphatic rings. The fourth-order valence-corrected chi connectivity index (χ4v) is 4.34. The summed E-state index contributed by atoms with van der Waals surface area (Å²) in [6, 6.07) is 6.67. The van der Waals surface area contributed by atoms with E-state index in [2.05, 4.69) is 38.6 Å². The highest BCUT2D eigenvalue weighted by atomic mass is 16.5. The third kappa shape index (κ3) is 1.82. The van der Waals surface area contributed by atoms with Gasteiger partial charge in [0, 0.05) is 0 Å². The minimum Gasteiger partial charge on any atom is -0.497 e. The third-order valence-corrected chi connectivity index (χ3v) is 5.68. The molecule has 1 aromatic rings. The topological polar surface area (TPSA) is 9.23 Å². The van der Waals surface area contributed by atoms with Gasteiger partial charge in [-0.25, -0.2) is 0 Å². The largest absolute Gasteiger partial charge is 0.497 e. The highest BCUT2D eigenvalue weighted by Crippen LogP contribution is 2.53. The lowest BCUT2D eigenvalue weighted by Gasteiger charge is -2.50. The maximum atomic E-state index is 5.37. The summed E-state index contributed by atoms with van der Waals surface area (Å²) in [7, 11) is 1.75. The molecule has 0 heterocycles. The minimum absolute atomic E-state index is 0.334. The lowest BCUT2D eigenvalue weighted by atomic mass is 9.54. The molecule has 2 aliphatic carbocycles. The first-order valence-electron chi connectivity index (χ1n) is 7.41. The number of hydrogen-bond acceptors (Lipinski definition) is 1. The van der Waals surface area contributed by atoms with Crippen molar-refractivity contribution in [2.24, 2.45) is 11.8 Å². The van der Waals surface area contributed by atoms with Crippen molar-refractivity contribution in [3.05, 3.63) is 41.5 Å². The molecule has 1 heteroatoms. The molecule has 0 aliphatic heterocycles. The Morgan fingerprint density at radius 3 is 2.84 bits per heavy atom. The number of aryl methyl sites for hydroxylation is 1.